The van der Waals surface area contributed by atoms with Crippen molar-refractivity contribution in [2.75, 3.05) is 7.05 Å². The summed E-state index contributed by atoms with van der Waals surface area (Å²) in [4.78, 5) is 4.55. The van der Waals surface area contributed by atoms with E-state index in [0.717, 1.165) is 16.3 Å². The first-order valence-corrected chi connectivity index (χ1v) is 7.61. The Kier molecular flexibility index (Phi) is 3.76. The molecule has 0 spiro atoms. The lowest BCUT2D eigenvalue weighted by Gasteiger charge is -2.03. The average molecular weight is 283 g/mol. The number of sulfonamides is 1. The predicted molar refractivity (Wildman–Crippen MR) is 71.7 cm³/mol. The number of hydrogen-bond donors (Lipinski definition) is 2. The van der Waals surface area contributed by atoms with E-state index in [-0.39, 0.29) is 4.90 Å². The molecule has 1 aromatic carbocycles. The molecule has 2 aromatic rings. The quantitative estimate of drug-likeness (QED) is 0.882. The molecule has 0 amide bonds. The maximum Gasteiger partial charge on any atom is 0.240 e. The van der Waals surface area contributed by atoms with Crippen LogP contribution in [0.5, 0.6) is 0 Å². The molecule has 0 aliphatic carbocycles. The van der Waals surface area contributed by atoms with Gasteiger partial charge in [-0.3, -0.25) is 0 Å². The number of benzene rings is 1. The lowest BCUT2D eigenvalue weighted by molar-refractivity contribution is 0.588. The Labute approximate surface area is 110 Å². The normalized spacial score (nSPS) is 11.7. The average Bonchev–Trinajstić information content (AvgIpc) is 2.88. The van der Waals surface area contributed by atoms with E-state index in [1.807, 2.05) is 11.4 Å². The first kappa shape index (κ1) is 13.2. The van der Waals surface area contributed by atoms with E-state index in [0.29, 0.717) is 6.54 Å². The van der Waals surface area contributed by atoms with Crippen molar-refractivity contribution in [3.63, 3.8) is 0 Å². The molecular formula is C11H13N3O2S2. The van der Waals surface area contributed by atoms with Crippen LogP contribution < -0.4 is 10.5 Å². The fraction of sp³-hybridized carbons (Fsp3) is 0.182. The van der Waals surface area contributed by atoms with E-state index >= 15 is 0 Å². The van der Waals surface area contributed by atoms with Gasteiger partial charge in [0.15, 0.2) is 0 Å². The van der Waals surface area contributed by atoms with E-state index in [1.54, 1.807) is 18.2 Å². The Morgan fingerprint density at radius 3 is 2.83 bits per heavy atom. The number of nitrogens with one attached hydrogen (secondary N) is 1. The molecule has 7 heteroatoms. The van der Waals surface area contributed by atoms with Gasteiger partial charge in [0, 0.05) is 17.5 Å². The molecule has 0 aliphatic rings. The SMILES string of the molecule is CNS(=O)(=O)c1cccc(-c2csc(CN)n2)c1. The molecule has 0 saturated heterocycles. The minimum absolute atomic E-state index is 0.227. The topological polar surface area (TPSA) is 85.1 Å². The van der Waals surface area contributed by atoms with Gasteiger partial charge >= 0.3 is 0 Å². The first-order valence-electron chi connectivity index (χ1n) is 5.25. The van der Waals surface area contributed by atoms with E-state index in [4.69, 9.17) is 5.73 Å². The monoisotopic (exact) mass is 283 g/mol. The molecule has 0 saturated carbocycles. The van der Waals surface area contributed by atoms with Gasteiger partial charge in [0.1, 0.15) is 5.01 Å². The van der Waals surface area contributed by atoms with Crippen LogP contribution in [0.2, 0.25) is 0 Å². The van der Waals surface area contributed by atoms with Gasteiger partial charge in [-0.05, 0) is 19.2 Å². The van der Waals surface area contributed by atoms with E-state index in [1.165, 1.54) is 18.4 Å². The molecule has 2 rings (SSSR count). The summed E-state index contributed by atoms with van der Waals surface area (Å²) in [5, 5.41) is 2.69. The lowest BCUT2D eigenvalue weighted by atomic mass is 10.2. The molecule has 3 N–H and O–H groups in total. The van der Waals surface area contributed by atoms with Crippen LogP contribution in [0.4, 0.5) is 0 Å². The van der Waals surface area contributed by atoms with Crippen LogP contribution in [0.15, 0.2) is 34.5 Å². The maximum atomic E-state index is 11.7. The summed E-state index contributed by atoms with van der Waals surface area (Å²) < 4.78 is 25.7. The van der Waals surface area contributed by atoms with Gasteiger partial charge in [0.25, 0.3) is 0 Å². The molecule has 0 fully saturated rings. The highest BCUT2D eigenvalue weighted by molar-refractivity contribution is 7.89. The highest BCUT2D eigenvalue weighted by Gasteiger charge is 2.12. The third-order valence-corrected chi connectivity index (χ3v) is 4.72. The minimum Gasteiger partial charge on any atom is -0.325 e. The van der Waals surface area contributed by atoms with Crippen LogP contribution in [0.25, 0.3) is 11.3 Å². The number of aromatic nitrogens is 1. The predicted octanol–water partition coefficient (Wildman–Crippen LogP) is 1.18. The van der Waals surface area contributed by atoms with Crippen LogP contribution in [0.1, 0.15) is 5.01 Å². The van der Waals surface area contributed by atoms with E-state index in [9.17, 15) is 8.42 Å². The summed E-state index contributed by atoms with van der Waals surface area (Å²) >= 11 is 1.46. The third-order valence-electron chi connectivity index (χ3n) is 2.44. The molecule has 1 heterocycles. The first-order chi connectivity index (χ1) is 8.56. The molecule has 0 atom stereocenters. The zero-order chi connectivity index (χ0) is 13.2. The summed E-state index contributed by atoms with van der Waals surface area (Å²) in [7, 11) is -2.04. The van der Waals surface area contributed by atoms with Gasteiger partial charge in [0.2, 0.25) is 10.0 Å². The Hall–Kier alpha value is -1.28. The maximum absolute atomic E-state index is 11.7. The second-order valence-electron chi connectivity index (χ2n) is 3.57. The molecule has 0 bridgehead atoms. The number of nitrogens with two attached hydrogens (primary N) is 1. The van der Waals surface area contributed by atoms with Crippen molar-refractivity contribution in [2.24, 2.45) is 5.73 Å². The van der Waals surface area contributed by atoms with Gasteiger partial charge in [-0.15, -0.1) is 11.3 Å². The Morgan fingerprint density at radius 2 is 2.22 bits per heavy atom. The zero-order valence-corrected chi connectivity index (χ0v) is 11.4. The Bertz CT molecular complexity index is 650. The number of rotatable bonds is 4. The molecule has 96 valence electrons. The van der Waals surface area contributed by atoms with E-state index < -0.39 is 10.0 Å². The summed E-state index contributed by atoms with van der Waals surface area (Å²) in [5.41, 5.74) is 7.01. The molecule has 0 radical (unpaired) electrons. The molecule has 0 aliphatic heterocycles. The van der Waals surface area contributed by atoms with Crippen molar-refractivity contribution >= 4 is 21.4 Å². The minimum atomic E-state index is -3.43. The molecule has 1 aromatic heterocycles. The van der Waals surface area contributed by atoms with Gasteiger partial charge in [-0.25, -0.2) is 18.1 Å². The number of thiazole rings is 1. The fourth-order valence-electron chi connectivity index (χ4n) is 1.48. The standard InChI is InChI=1S/C11H13N3O2S2/c1-13-18(15,16)9-4-2-3-8(5-9)10-7-17-11(6-12)14-10/h2-5,7,13H,6,12H2,1H3. The van der Waals surface area contributed by atoms with Gasteiger partial charge in [-0.1, -0.05) is 12.1 Å². The number of nitrogens with zero attached hydrogens (tertiary/aromatic N) is 1. The summed E-state index contributed by atoms with van der Waals surface area (Å²) in [6, 6.07) is 6.66. The smallest absolute Gasteiger partial charge is 0.240 e. The van der Waals surface area contributed by atoms with Crippen LogP contribution in [-0.2, 0) is 16.6 Å². The molecule has 0 unspecified atom stereocenters. The summed E-state index contributed by atoms with van der Waals surface area (Å²) in [6.07, 6.45) is 0. The van der Waals surface area contributed by atoms with Crippen molar-refractivity contribution < 1.29 is 8.42 Å². The second-order valence-corrected chi connectivity index (χ2v) is 6.40. The molecule has 18 heavy (non-hydrogen) atoms. The Morgan fingerprint density at radius 1 is 1.44 bits per heavy atom. The van der Waals surface area contributed by atoms with E-state index in [2.05, 4.69) is 9.71 Å². The largest absolute Gasteiger partial charge is 0.325 e. The summed E-state index contributed by atoms with van der Waals surface area (Å²) in [6.45, 7) is 0.388. The van der Waals surface area contributed by atoms with Gasteiger partial charge < -0.3 is 5.73 Å². The molecule has 5 nitrogen and oxygen atoms in total. The van der Waals surface area contributed by atoms with Crippen molar-refractivity contribution in [1.82, 2.24) is 9.71 Å². The van der Waals surface area contributed by atoms with Crippen LogP contribution in [0, 0.1) is 0 Å². The molecular weight excluding hydrogens is 270 g/mol. The zero-order valence-electron chi connectivity index (χ0n) is 9.75. The highest BCUT2D eigenvalue weighted by atomic mass is 32.2. The summed E-state index contributed by atoms with van der Waals surface area (Å²) in [5.74, 6) is 0. The van der Waals surface area contributed by atoms with Crippen molar-refractivity contribution in [2.45, 2.75) is 11.4 Å². The van der Waals surface area contributed by atoms with Crippen molar-refractivity contribution in [3.8, 4) is 11.3 Å². The fourth-order valence-corrected chi connectivity index (χ4v) is 2.94. The van der Waals surface area contributed by atoms with Crippen LogP contribution in [0.3, 0.4) is 0 Å². The van der Waals surface area contributed by atoms with Crippen LogP contribution in [-0.4, -0.2) is 20.4 Å². The van der Waals surface area contributed by atoms with Crippen LogP contribution >= 0.6 is 11.3 Å². The van der Waals surface area contributed by atoms with Crippen molar-refractivity contribution in [3.05, 3.63) is 34.7 Å². The van der Waals surface area contributed by atoms with Gasteiger partial charge in [0.05, 0.1) is 10.6 Å². The third kappa shape index (κ3) is 2.59. The second kappa shape index (κ2) is 5.15. The highest BCUT2D eigenvalue weighted by Crippen LogP contribution is 2.24. The lowest BCUT2D eigenvalue weighted by Crippen LogP contribution is -2.18. The Balaban J connectivity index is 2.44. The number of hydrogen-bond acceptors (Lipinski definition) is 5. The van der Waals surface area contributed by atoms with Crippen molar-refractivity contribution in [1.29, 1.82) is 0 Å². The van der Waals surface area contributed by atoms with Gasteiger partial charge in [-0.2, -0.15) is 0 Å².